The van der Waals surface area contributed by atoms with Gasteiger partial charge in [0.2, 0.25) is 0 Å². The van der Waals surface area contributed by atoms with Gasteiger partial charge in [0.1, 0.15) is 11.5 Å². The smallest absolute Gasteiger partial charge is 0.274 e. The number of hydrogen-bond acceptors (Lipinski definition) is 4. The van der Waals surface area contributed by atoms with Crippen LogP contribution in [0.4, 0.5) is 4.39 Å². The number of halogens is 1. The van der Waals surface area contributed by atoms with Gasteiger partial charge in [0.05, 0.1) is 6.20 Å². The van der Waals surface area contributed by atoms with Gasteiger partial charge >= 0.3 is 0 Å². The van der Waals surface area contributed by atoms with Crippen LogP contribution in [0.2, 0.25) is 0 Å². The number of carbonyl (C=O) groups excluding carboxylic acids is 2. The molecule has 6 nitrogen and oxygen atoms in total. The third-order valence-corrected chi connectivity index (χ3v) is 5.46. The first-order valence-electron chi connectivity index (χ1n) is 9.15. The monoisotopic (exact) mass is 368 g/mol. The van der Waals surface area contributed by atoms with Crippen LogP contribution in [0.25, 0.3) is 0 Å². The van der Waals surface area contributed by atoms with Crippen LogP contribution in [0, 0.1) is 18.7 Å². The van der Waals surface area contributed by atoms with Gasteiger partial charge in [0.15, 0.2) is 0 Å². The molecular weight excluding hydrogens is 347 g/mol. The quantitative estimate of drug-likeness (QED) is 0.816. The topological polar surface area (TPSA) is 66.4 Å². The fourth-order valence-corrected chi connectivity index (χ4v) is 3.96. The highest BCUT2D eigenvalue weighted by Gasteiger charge is 2.39. The van der Waals surface area contributed by atoms with Crippen molar-refractivity contribution in [1.29, 1.82) is 0 Å². The predicted octanol–water partition coefficient (Wildman–Crippen LogP) is 2.30. The number of aromatic nitrogens is 2. The fraction of sp³-hybridized carbons (Fsp3) is 0.400. The molecule has 4 heterocycles. The average molecular weight is 368 g/mol. The highest BCUT2D eigenvalue weighted by atomic mass is 19.1. The normalized spacial score (nSPS) is 21.9. The maximum Gasteiger partial charge on any atom is 0.274 e. The predicted molar refractivity (Wildman–Crippen MR) is 96.6 cm³/mol. The molecule has 2 amide bonds. The van der Waals surface area contributed by atoms with Gasteiger partial charge in [-0.1, -0.05) is 6.07 Å². The van der Waals surface area contributed by atoms with Crippen LogP contribution < -0.4 is 0 Å². The first kappa shape index (κ1) is 17.6. The second-order valence-electron chi connectivity index (χ2n) is 7.32. The number of carbonyl (C=O) groups is 2. The van der Waals surface area contributed by atoms with Gasteiger partial charge < -0.3 is 9.80 Å². The molecule has 1 aromatic carbocycles. The van der Waals surface area contributed by atoms with Crippen molar-refractivity contribution in [3.63, 3.8) is 0 Å². The SMILES string of the molecule is Cc1ccc(C(=O)N2C[C@H]3CC[C@@H]2CN(C(=O)c2cnccn2)C3)cc1F. The van der Waals surface area contributed by atoms with Crippen LogP contribution >= 0.6 is 0 Å². The largest absolute Gasteiger partial charge is 0.335 e. The molecule has 0 aliphatic carbocycles. The van der Waals surface area contributed by atoms with Crippen LogP contribution in [0.3, 0.4) is 0 Å². The van der Waals surface area contributed by atoms with E-state index in [1.54, 1.807) is 24.0 Å². The lowest BCUT2D eigenvalue weighted by atomic mass is 9.94. The lowest BCUT2D eigenvalue weighted by molar-refractivity contribution is 0.0573. The number of rotatable bonds is 2. The molecule has 2 atom stereocenters. The van der Waals surface area contributed by atoms with Crippen LogP contribution in [-0.4, -0.2) is 57.3 Å². The van der Waals surface area contributed by atoms with Crippen molar-refractivity contribution in [1.82, 2.24) is 19.8 Å². The summed E-state index contributed by atoms with van der Waals surface area (Å²) < 4.78 is 13.9. The van der Waals surface area contributed by atoms with Crippen LogP contribution in [0.5, 0.6) is 0 Å². The van der Waals surface area contributed by atoms with E-state index in [2.05, 4.69) is 9.97 Å². The van der Waals surface area contributed by atoms with E-state index in [1.165, 1.54) is 24.7 Å². The Kier molecular flexibility index (Phi) is 4.59. The molecule has 0 unspecified atom stereocenters. The number of piperidine rings is 1. The van der Waals surface area contributed by atoms with Crippen molar-refractivity contribution < 1.29 is 14.0 Å². The Morgan fingerprint density at radius 2 is 1.96 bits per heavy atom. The van der Waals surface area contributed by atoms with Gasteiger partial charge in [-0.15, -0.1) is 0 Å². The number of benzene rings is 1. The molecule has 27 heavy (non-hydrogen) atoms. The molecule has 3 aliphatic rings. The Morgan fingerprint density at radius 3 is 2.70 bits per heavy atom. The molecule has 0 radical (unpaired) electrons. The minimum atomic E-state index is -0.375. The van der Waals surface area contributed by atoms with Gasteiger partial charge in [-0.2, -0.15) is 0 Å². The number of nitrogens with zero attached hydrogens (tertiary/aromatic N) is 4. The third kappa shape index (κ3) is 3.41. The summed E-state index contributed by atoms with van der Waals surface area (Å²) in [6.07, 6.45) is 6.31. The van der Waals surface area contributed by atoms with E-state index < -0.39 is 0 Å². The summed E-state index contributed by atoms with van der Waals surface area (Å²) in [4.78, 5) is 37.4. The first-order chi connectivity index (χ1) is 13.0. The van der Waals surface area contributed by atoms with E-state index in [1.807, 2.05) is 4.90 Å². The molecule has 2 bridgehead atoms. The molecule has 0 spiro atoms. The lowest BCUT2D eigenvalue weighted by Crippen LogP contribution is -2.47. The number of fused-ring (bicyclic) bond motifs is 4. The number of hydrogen-bond donors (Lipinski definition) is 0. The molecule has 7 heteroatoms. The zero-order chi connectivity index (χ0) is 19.0. The Labute approximate surface area is 157 Å². The molecule has 0 N–H and O–H groups in total. The molecule has 3 aliphatic heterocycles. The van der Waals surface area contributed by atoms with Crippen molar-refractivity contribution in [3.05, 3.63) is 59.4 Å². The van der Waals surface area contributed by atoms with Crippen LogP contribution in [0.15, 0.2) is 36.8 Å². The minimum Gasteiger partial charge on any atom is -0.335 e. The molecule has 140 valence electrons. The van der Waals surface area contributed by atoms with Gasteiger partial charge in [0, 0.05) is 43.6 Å². The summed E-state index contributed by atoms with van der Waals surface area (Å²) in [5.74, 6) is -0.489. The number of amides is 2. The highest BCUT2D eigenvalue weighted by Crippen LogP contribution is 2.30. The van der Waals surface area contributed by atoms with E-state index in [9.17, 15) is 14.0 Å². The summed E-state index contributed by atoms with van der Waals surface area (Å²) in [5, 5.41) is 0. The second kappa shape index (κ2) is 7.06. The molecule has 0 saturated carbocycles. The molecular formula is C20H21FN4O2. The summed E-state index contributed by atoms with van der Waals surface area (Å²) in [6.45, 7) is 3.32. The van der Waals surface area contributed by atoms with E-state index >= 15 is 0 Å². The number of aryl methyl sites for hydroxylation is 1. The summed E-state index contributed by atoms with van der Waals surface area (Å²) in [5.41, 5.74) is 1.19. The standard InChI is InChI=1S/C20H21FN4O2/c1-13-2-4-15(8-17(13)21)19(26)25-11-14-3-5-16(25)12-24(10-14)20(27)18-9-22-6-7-23-18/h2,4,6-9,14,16H,3,5,10-12H2,1H3/t14-,16+/m0/s1. The Hall–Kier alpha value is -2.83. The third-order valence-electron chi connectivity index (χ3n) is 5.46. The molecule has 1 aromatic heterocycles. The van der Waals surface area contributed by atoms with Gasteiger partial charge in [-0.05, 0) is 43.4 Å². The van der Waals surface area contributed by atoms with Gasteiger partial charge in [0.25, 0.3) is 11.8 Å². The Balaban J connectivity index is 1.55. The van der Waals surface area contributed by atoms with Gasteiger partial charge in [-0.3, -0.25) is 14.6 Å². The summed E-state index contributed by atoms with van der Waals surface area (Å²) >= 11 is 0. The van der Waals surface area contributed by atoms with E-state index in [4.69, 9.17) is 0 Å². The first-order valence-corrected chi connectivity index (χ1v) is 9.15. The lowest BCUT2D eigenvalue weighted by Gasteiger charge is -2.36. The minimum absolute atomic E-state index is 0.0683. The molecule has 3 saturated heterocycles. The highest BCUT2D eigenvalue weighted by molar-refractivity contribution is 5.95. The van der Waals surface area contributed by atoms with Gasteiger partial charge in [-0.25, -0.2) is 9.37 Å². The fourth-order valence-electron chi connectivity index (χ4n) is 3.96. The van der Waals surface area contributed by atoms with Crippen LogP contribution in [-0.2, 0) is 0 Å². The van der Waals surface area contributed by atoms with Crippen LogP contribution in [0.1, 0.15) is 39.3 Å². The summed E-state index contributed by atoms with van der Waals surface area (Å²) in [6, 6.07) is 4.53. The second-order valence-corrected chi connectivity index (χ2v) is 7.32. The maximum atomic E-state index is 13.9. The zero-order valence-corrected chi connectivity index (χ0v) is 15.1. The van der Waals surface area contributed by atoms with Crippen molar-refractivity contribution in [2.24, 2.45) is 5.92 Å². The summed E-state index contributed by atoms with van der Waals surface area (Å²) in [7, 11) is 0. The Bertz CT molecular complexity index is 874. The van der Waals surface area contributed by atoms with E-state index in [0.717, 1.165) is 12.8 Å². The zero-order valence-electron chi connectivity index (χ0n) is 15.1. The van der Waals surface area contributed by atoms with Crippen molar-refractivity contribution in [2.45, 2.75) is 25.8 Å². The average Bonchev–Trinajstić information content (AvgIpc) is 3.01. The molecule has 3 fully saturated rings. The van der Waals surface area contributed by atoms with Crippen molar-refractivity contribution in [2.75, 3.05) is 19.6 Å². The van der Waals surface area contributed by atoms with Crippen molar-refractivity contribution >= 4 is 11.8 Å². The van der Waals surface area contributed by atoms with E-state index in [-0.39, 0.29) is 29.6 Å². The molecule has 5 rings (SSSR count). The van der Waals surface area contributed by atoms with E-state index in [0.29, 0.717) is 36.5 Å². The van der Waals surface area contributed by atoms with Crippen molar-refractivity contribution in [3.8, 4) is 0 Å². The molecule has 2 aromatic rings. The maximum absolute atomic E-state index is 13.9. The Morgan fingerprint density at radius 1 is 1.11 bits per heavy atom.